The van der Waals surface area contributed by atoms with Gasteiger partial charge >= 0.3 is 5.97 Å². The molecule has 112 valence electrons. The van der Waals surface area contributed by atoms with Crippen LogP contribution in [0.5, 0.6) is 0 Å². The summed E-state index contributed by atoms with van der Waals surface area (Å²) in [6.07, 6.45) is 1.66. The molecule has 21 heavy (non-hydrogen) atoms. The molecule has 1 aromatic carbocycles. The molecule has 0 aromatic heterocycles. The van der Waals surface area contributed by atoms with E-state index in [9.17, 15) is 19.1 Å². The first-order chi connectivity index (χ1) is 9.94. The second-order valence-corrected chi connectivity index (χ2v) is 6.18. The van der Waals surface area contributed by atoms with Crippen LogP contribution in [0.2, 0.25) is 0 Å². The molecular formula is C16H18FNO3. The van der Waals surface area contributed by atoms with Gasteiger partial charge in [0.25, 0.3) is 0 Å². The Morgan fingerprint density at radius 3 is 2.43 bits per heavy atom. The van der Waals surface area contributed by atoms with Crippen LogP contribution >= 0.6 is 0 Å². The van der Waals surface area contributed by atoms with Crippen LogP contribution < -0.4 is 0 Å². The maximum absolute atomic E-state index is 13.0. The molecular weight excluding hydrogens is 273 g/mol. The number of aliphatic carboxylic acids is 1. The number of amides is 1. The third-order valence-corrected chi connectivity index (χ3v) is 4.75. The Bertz CT molecular complexity index is 580. The maximum Gasteiger partial charge on any atom is 0.319 e. The molecule has 0 bridgehead atoms. The summed E-state index contributed by atoms with van der Waals surface area (Å²) >= 11 is 0. The van der Waals surface area contributed by atoms with E-state index in [4.69, 9.17) is 0 Å². The number of rotatable bonds is 3. The normalized spacial score (nSPS) is 26.7. The molecule has 2 fully saturated rings. The van der Waals surface area contributed by atoms with E-state index in [-0.39, 0.29) is 23.7 Å². The second kappa shape index (κ2) is 4.83. The molecule has 1 heterocycles. The summed E-state index contributed by atoms with van der Waals surface area (Å²) in [6, 6.07) is 6.34. The molecule has 0 spiro atoms. The van der Waals surface area contributed by atoms with Crippen molar-refractivity contribution in [3.63, 3.8) is 0 Å². The summed E-state index contributed by atoms with van der Waals surface area (Å²) in [5, 5.41) is 9.25. The van der Waals surface area contributed by atoms with E-state index >= 15 is 0 Å². The number of benzene rings is 1. The lowest BCUT2D eigenvalue weighted by molar-refractivity contribution is -0.153. The highest BCUT2D eigenvalue weighted by Gasteiger charge is 2.59. The number of carbonyl (C=O) groups is 2. The van der Waals surface area contributed by atoms with Crippen molar-refractivity contribution < 1.29 is 19.1 Å². The fraction of sp³-hybridized carbons (Fsp3) is 0.500. The van der Waals surface area contributed by atoms with Gasteiger partial charge in [-0.2, -0.15) is 0 Å². The van der Waals surface area contributed by atoms with Gasteiger partial charge in [0, 0.05) is 18.5 Å². The summed E-state index contributed by atoms with van der Waals surface area (Å²) in [5.41, 5.74) is -0.176. The van der Waals surface area contributed by atoms with Crippen LogP contribution in [0.4, 0.5) is 4.39 Å². The fourth-order valence-corrected chi connectivity index (χ4v) is 3.21. The zero-order valence-electron chi connectivity index (χ0n) is 11.9. The van der Waals surface area contributed by atoms with Crippen LogP contribution in [0, 0.1) is 11.2 Å². The minimum Gasteiger partial charge on any atom is -0.480 e. The number of likely N-dealkylation sites (tertiary alicyclic amines) is 1. The van der Waals surface area contributed by atoms with E-state index in [0.29, 0.717) is 19.4 Å². The van der Waals surface area contributed by atoms with Crippen LogP contribution in [0.3, 0.4) is 0 Å². The lowest BCUT2D eigenvalue weighted by atomic mass is 9.97. The van der Waals surface area contributed by atoms with Crippen molar-refractivity contribution >= 4 is 11.9 Å². The number of hydrogen-bond acceptors (Lipinski definition) is 2. The molecule has 2 aliphatic rings. The molecule has 2 atom stereocenters. The topological polar surface area (TPSA) is 57.6 Å². The van der Waals surface area contributed by atoms with Crippen LogP contribution in [0.15, 0.2) is 24.3 Å². The molecule has 1 aromatic rings. The highest BCUT2D eigenvalue weighted by molar-refractivity contribution is 6.05. The van der Waals surface area contributed by atoms with Crippen molar-refractivity contribution in [1.29, 1.82) is 0 Å². The van der Waals surface area contributed by atoms with Crippen molar-refractivity contribution in [2.24, 2.45) is 5.41 Å². The van der Waals surface area contributed by atoms with E-state index in [1.54, 1.807) is 17.0 Å². The number of halogens is 1. The molecule has 4 nitrogen and oxygen atoms in total. The predicted octanol–water partition coefficient (Wildman–Crippen LogP) is 2.39. The molecule has 1 amide bonds. The zero-order chi connectivity index (χ0) is 15.2. The van der Waals surface area contributed by atoms with Crippen molar-refractivity contribution in [2.75, 3.05) is 6.54 Å². The molecule has 0 unspecified atom stereocenters. The first-order valence-corrected chi connectivity index (χ1v) is 7.24. The van der Waals surface area contributed by atoms with E-state index in [2.05, 4.69) is 0 Å². The van der Waals surface area contributed by atoms with Crippen molar-refractivity contribution in [3.05, 3.63) is 35.6 Å². The van der Waals surface area contributed by atoms with Gasteiger partial charge in [0.2, 0.25) is 5.91 Å². The van der Waals surface area contributed by atoms with Crippen molar-refractivity contribution in [2.45, 2.75) is 38.1 Å². The average Bonchev–Trinajstić information content (AvgIpc) is 3.17. The monoisotopic (exact) mass is 291 g/mol. The number of carboxylic acids is 1. The number of carboxylic acid groups (broad SMARTS) is 1. The maximum atomic E-state index is 13.0. The summed E-state index contributed by atoms with van der Waals surface area (Å²) in [6.45, 7) is 2.46. The smallest absolute Gasteiger partial charge is 0.319 e. The number of carbonyl (C=O) groups excluding carboxylic acids is 1. The number of hydrogen-bond donors (Lipinski definition) is 1. The van der Waals surface area contributed by atoms with E-state index < -0.39 is 11.4 Å². The van der Waals surface area contributed by atoms with Crippen LogP contribution in [0.25, 0.3) is 0 Å². The molecule has 5 heteroatoms. The van der Waals surface area contributed by atoms with Gasteiger partial charge in [-0.25, -0.2) is 4.39 Å². The SMILES string of the molecule is C[C@@H]1C[C@H](c2ccc(F)cc2)CN1C(=O)C1(C(=O)O)CC1. The first kappa shape index (κ1) is 14.0. The Morgan fingerprint density at radius 1 is 1.29 bits per heavy atom. The van der Waals surface area contributed by atoms with Gasteiger partial charge in [-0.15, -0.1) is 0 Å². The first-order valence-electron chi connectivity index (χ1n) is 7.24. The predicted molar refractivity (Wildman–Crippen MR) is 74.2 cm³/mol. The van der Waals surface area contributed by atoms with Gasteiger partial charge in [-0.3, -0.25) is 9.59 Å². The molecule has 1 aliphatic carbocycles. The molecule has 1 aliphatic heterocycles. The third-order valence-electron chi connectivity index (χ3n) is 4.75. The molecule has 1 N–H and O–H groups in total. The average molecular weight is 291 g/mol. The quantitative estimate of drug-likeness (QED) is 0.870. The standard InChI is InChI=1S/C16H18FNO3/c1-10-8-12(11-2-4-13(17)5-3-11)9-18(10)14(19)16(6-7-16)15(20)21/h2-5,10,12H,6-9H2,1H3,(H,20,21)/t10-,12+/m1/s1. The Labute approximate surface area is 122 Å². The lowest BCUT2D eigenvalue weighted by Crippen LogP contribution is -2.42. The van der Waals surface area contributed by atoms with Gasteiger partial charge in [0.1, 0.15) is 11.2 Å². The van der Waals surface area contributed by atoms with Crippen LogP contribution in [-0.2, 0) is 9.59 Å². The summed E-state index contributed by atoms with van der Waals surface area (Å²) < 4.78 is 13.0. The van der Waals surface area contributed by atoms with Gasteiger partial charge in [0.05, 0.1) is 0 Å². The Morgan fingerprint density at radius 2 is 1.90 bits per heavy atom. The largest absolute Gasteiger partial charge is 0.480 e. The van der Waals surface area contributed by atoms with Crippen LogP contribution in [0.1, 0.15) is 37.7 Å². The Balaban J connectivity index is 1.76. The van der Waals surface area contributed by atoms with Crippen molar-refractivity contribution in [1.82, 2.24) is 4.90 Å². The lowest BCUT2D eigenvalue weighted by Gasteiger charge is -2.24. The minimum atomic E-state index is -1.17. The third kappa shape index (κ3) is 2.30. The van der Waals surface area contributed by atoms with E-state index in [1.165, 1.54) is 12.1 Å². The highest BCUT2D eigenvalue weighted by Crippen LogP contribution is 2.49. The summed E-state index contributed by atoms with van der Waals surface area (Å²) in [7, 11) is 0. The van der Waals surface area contributed by atoms with E-state index in [0.717, 1.165) is 12.0 Å². The molecule has 3 rings (SSSR count). The Kier molecular flexibility index (Phi) is 3.23. The van der Waals surface area contributed by atoms with Crippen molar-refractivity contribution in [3.8, 4) is 0 Å². The summed E-state index contributed by atoms with van der Waals surface area (Å²) in [4.78, 5) is 25.5. The Hall–Kier alpha value is -1.91. The van der Waals surface area contributed by atoms with Crippen LogP contribution in [-0.4, -0.2) is 34.5 Å². The van der Waals surface area contributed by atoms with E-state index in [1.807, 2.05) is 6.92 Å². The molecule has 1 saturated carbocycles. The molecule has 0 radical (unpaired) electrons. The van der Waals surface area contributed by atoms with Gasteiger partial charge in [0.15, 0.2) is 0 Å². The van der Waals surface area contributed by atoms with Gasteiger partial charge in [-0.1, -0.05) is 12.1 Å². The highest BCUT2D eigenvalue weighted by atomic mass is 19.1. The summed E-state index contributed by atoms with van der Waals surface area (Å²) in [5.74, 6) is -1.40. The minimum absolute atomic E-state index is 0.0179. The second-order valence-electron chi connectivity index (χ2n) is 6.18. The fourth-order valence-electron chi connectivity index (χ4n) is 3.21. The van der Waals surface area contributed by atoms with Gasteiger partial charge < -0.3 is 10.0 Å². The number of nitrogens with zero attached hydrogens (tertiary/aromatic N) is 1. The van der Waals surface area contributed by atoms with Gasteiger partial charge in [-0.05, 0) is 43.9 Å². The zero-order valence-corrected chi connectivity index (χ0v) is 11.9. The molecule has 1 saturated heterocycles.